The molecule has 1 fully saturated rings. The summed E-state index contributed by atoms with van der Waals surface area (Å²) in [6, 6.07) is 6.04. The van der Waals surface area contributed by atoms with E-state index in [2.05, 4.69) is 17.2 Å². The summed E-state index contributed by atoms with van der Waals surface area (Å²) >= 11 is 0. The highest BCUT2D eigenvalue weighted by Gasteiger charge is 2.26. The number of benzene rings is 1. The molecular formula is C20H21F2N3O2. The average molecular weight is 373 g/mol. The number of likely N-dealkylation sites (tertiary alicyclic amines) is 1. The van der Waals surface area contributed by atoms with E-state index in [9.17, 15) is 18.4 Å². The van der Waals surface area contributed by atoms with Crippen LogP contribution in [0.25, 0.3) is 0 Å². The van der Waals surface area contributed by atoms with Gasteiger partial charge in [0.2, 0.25) is 0 Å². The van der Waals surface area contributed by atoms with Crippen molar-refractivity contribution in [2.24, 2.45) is 0 Å². The van der Waals surface area contributed by atoms with Crippen molar-refractivity contribution in [3.63, 3.8) is 0 Å². The number of rotatable bonds is 4. The standard InChI is InChI=1S/C20H21F2N3O2/c1-2-15-5-3-4-10-25(15)20(27)13-8-9-23-18(11-13)19(26)24-17-7-6-14(21)12-16(17)22/h6-9,11-12,15H,2-5,10H2,1H3,(H,24,26). The number of carbonyl (C=O) groups excluding carboxylic acids is 2. The first-order valence-electron chi connectivity index (χ1n) is 9.03. The normalized spacial score (nSPS) is 16.9. The maximum absolute atomic E-state index is 13.7. The molecule has 7 heteroatoms. The lowest BCUT2D eigenvalue weighted by atomic mass is 9.99. The van der Waals surface area contributed by atoms with E-state index < -0.39 is 17.5 Å². The Morgan fingerprint density at radius 3 is 2.78 bits per heavy atom. The van der Waals surface area contributed by atoms with Crippen molar-refractivity contribution >= 4 is 17.5 Å². The van der Waals surface area contributed by atoms with E-state index in [1.54, 1.807) is 6.07 Å². The number of piperidine rings is 1. The lowest BCUT2D eigenvalue weighted by Gasteiger charge is -2.35. The summed E-state index contributed by atoms with van der Waals surface area (Å²) < 4.78 is 26.7. The SMILES string of the molecule is CCC1CCCCN1C(=O)c1ccnc(C(=O)Nc2ccc(F)cc2F)c1. The molecule has 0 bridgehead atoms. The van der Waals surface area contributed by atoms with E-state index >= 15 is 0 Å². The van der Waals surface area contributed by atoms with Gasteiger partial charge < -0.3 is 10.2 Å². The number of halogens is 2. The summed E-state index contributed by atoms with van der Waals surface area (Å²) in [6.45, 7) is 2.75. The van der Waals surface area contributed by atoms with Gasteiger partial charge in [-0.15, -0.1) is 0 Å². The van der Waals surface area contributed by atoms with Crippen molar-refractivity contribution in [3.8, 4) is 0 Å². The van der Waals surface area contributed by atoms with Gasteiger partial charge in [0.25, 0.3) is 11.8 Å². The number of hydrogen-bond acceptors (Lipinski definition) is 3. The minimum Gasteiger partial charge on any atom is -0.336 e. The molecule has 3 rings (SSSR count). The Bertz CT molecular complexity index is 857. The molecule has 0 spiro atoms. The molecule has 1 atom stereocenters. The molecule has 2 amide bonds. The van der Waals surface area contributed by atoms with Gasteiger partial charge in [-0.2, -0.15) is 0 Å². The predicted octanol–water partition coefficient (Wildman–Crippen LogP) is 4.02. The number of hydrogen-bond donors (Lipinski definition) is 1. The molecule has 27 heavy (non-hydrogen) atoms. The van der Waals surface area contributed by atoms with Gasteiger partial charge in [-0.3, -0.25) is 14.6 Å². The van der Waals surface area contributed by atoms with Gasteiger partial charge in [0.1, 0.15) is 17.3 Å². The van der Waals surface area contributed by atoms with Gasteiger partial charge in [0.15, 0.2) is 0 Å². The largest absolute Gasteiger partial charge is 0.336 e. The number of nitrogens with zero attached hydrogens (tertiary/aromatic N) is 2. The van der Waals surface area contributed by atoms with Crippen LogP contribution in [-0.4, -0.2) is 34.3 Å². The van der Waals surface area contributed by atoms with Crippen LogP contribution in [0.1, 0.15) is 53.5 Å². The van der Waals surface area contributed by atoms with Crippen molar-refractivity contribution in [2.75, 3.05) is 11.9 Å². The third-order valence-electron chi connectivity index (χ3n) is 4.78. The summed E-state index contributed by atoms with van der Waals surface area (Å²) in [6.07, 6.45) is 5.31. The van der Waals surface area contributed by atoms with E-state index in [1.807, 2.05) is 4.90 Å². The van der Waals surface area contributed by atoms with E-state index in [0.717, 1.165) is 37.8 Å². The molecule has 1 aromatic carbocycles. The molecule has 2 heterocycles. The zero-order valence-corrected chi connectivity index (χ0v) is 15.0. The smallest absolute Gasteiger partial charge is 0.274 e. The molecule has 0 radical (unpaired) electrons. The van der Waals surface area contributed by atoms with Gasteiger partial charge in [0, 0.05) is 30.4 Å². The number of pyridine rings is 1. The van der Waals surface area contributed by atoms with Crippen LogP contribution in [0.3, 0.4) is 0 Å². The Hall–Kier alpha value is -2.83. The fourth-order valence-corrected chi connectivity index (χ4v) is 3.32. The van der Waals surface area contributed by atoms with Crippen molar-refractivity contribution in [3.05, 3.63) is 59.4 Å². The average Bonchev–Trinajstić information content (AvgIpc) is 2.69. The first-order chi connectivity index (χ1) is 13.0. The lowest BCUT2D eigenvalue weighted by molar-refractivity contribution is 0.0608. The Morgan fingerprint density at radius 2 is 2.04 bits per heavy atom. The maximum atomic E-state index is 13.7. The Kier molecular flexibility index (Phi) is 5.78. The summed E-state index contributed by atoms with van der Waals surface area (Å²) in [5, 5.41) is 2.35. The van der Waals surface area contributed by atoms with Crippen molar-refractivity contribution < 1.29 is 18.4 Å². The summed E-state index contributed by atoms with van der Waals surface area (Å²) in [4.78, 5) is 31.0. The Labute approximate surface area is 156 Å². The third kappa shape index (κ3) is 4.30. The Morgan fingerprint density at radius 1 is 1.22 bits per heavy atom. The van der Waals surface area contributed by atoms with Crippen LogP contribution in [0.15, 0.2) is 36.5 Å². The fourth-order valence-electron chi connectivity index (χ4n) is 3.32. The number of nitrogens with one attached hydrogen (secondary N) is 1. The van der Waals surface area contributed by atoms with Crippen molar-refractivity contribution in [1.29, 1.82) is 0 Å². The highest BCUT2D eigenvalue weighted by molar-refractivity contribution is 6.04. The lowest BCUT2D eigenvalue weighted by Crippen LogP contribution is -2.43. The van der Waals surface area contributed by atoms with E-state index in [-0.39, 0.29) is 23.3 Å². The summed E-state index contributed by atoms with van der Waals surface area (Å²) in [5.74, 6) is -2.41. The molecule has 5 nitrogen and oxygen atoms in total. The zero-order chi connectivity index (χ0) is 19.4. The van der Waals surface area contributed by atoms with Gasteiger partial charge in [-0.05, 0) is 49.9 Å². The molecule has 0 saturated carbocycles. The van der Waals surface area contributed by atoms with Crippen LogP contribution in [0.4, 0.5) is 14.5 Å². The minimum absolute atomic E-state index is 0.00497. The maximum Gasteiger partial charge on any atom is 0.274 e. The van der Waals surface area contributed by atoms with Crippen LogP contribution in [0.5, 0.6) is 0 Å². The van der Waals surface area contributed by atoms with Gasteiger partial charge in [-0.25, -0.2) is 8.78 Å². The second-order valence-corrected chi connectivity index (χ2v) is 6.56. The summed E-state index contributed by atoms with van der Waals surface area (Å²) in [7, 11) is 0. The van der Waals surface area contributed by atoms with Gasteiger partial charge in [-0.1, -0.05) is 6.92 Å². The first kappa shape index (κ1) is 18.9. The third-order valence-corrected chi connectivity index (χ3v) is 4.78. The number of aromatic nitrogens is 1. The minimum atomic E-state index is -0.880. The van der Waals surface area contributed by atoms with Crippen LogP contribution in [-0.2, 0) is 0 Å². The van der Waals surface area contributed by atoms with Crippen LogP contribution >= 0.6 is 0 Å². The van der Waals surface area contributed by atoms with Crippen molar-refractivity contribution in [1.82, 2.24) is 9.88 Å². The molecule has 0 aliphatic carbocycles. The fraction of sp³-hybridized carbons (Fsp3) is 0.350. The zero-order valence-electron chi connectivity index (χ0n) is 15.0. The summed E-state index contributed by atoms with van der Waals surface area (Å²) in [5.41, 5.74) is 0.215. The number of anilines is 1. The second-order valence-electron chi connectivity index (χ2n) is 6.56. The van der Waals surface area contributed by atoms with Crippen LogP contribution in [0.2, 0.25) is 0 Å². The topological polar surface area (TPSA) is 62.3 Å². The molecule has 1 aliphatic heterocycles. The van der Waals surface area contributed by atoms with Gasteiger partial charge in [0.05, 0.1) is 5.69 Å². The highest BCUT2D eigenvalue weighted by atomic mass is 19.1. The number of amides is 2. The molecule has 1 N–H and O–H groups in total. The molecule has 142 valence electrons. The van der Waals surface area contributed by atoms with Crippen LogP contribution < -0.4 is 5.32 Å². The van der Waals surface area contributed by atoms with E-state index in [0.29, 0.717) is 18.2 Å². The van der Waals surface area contributed by atoms with Crippen molar-refractivity contribution in [2.45, 2.75) is 38.6 Å². The van der Waals surface area contributed by atoms with E-state index in [1.165, 1.54) is 12.3 Å². The van der Waals surface area contributed by atoms with Crippen LogP contribution in [0, 0.1) is 11.6 Å². The molecule has 1 aromatic heterocycles. The number of carbonyl (C=O) groups is 2. The molecule has 2 aromatic rings. The molecule has 1 saturated heterocycles. The van der Waals surface area contributed by atoms with E-state index in [4.69, 9.17) is 0 Å². The molecule has 1 aliphatic rings. The highest BCUT2D eigenvalue weighted by Crippen LogP contribution is 2.22. The van der Waals surface area contributed by atoms with Gasteiger partial charge >= 0.3 is 0 Å². The monoisotopic (exact) mass is 373 g/mol. The Balaban J connectivity index is 1.78. The molecular weight excluding hydrogens is 352 g/mol. The first-order valence-corrected chi connectivity index (χ1v) is 9.03. The quantitative estimate of drug-likeness (QED) is 0.881. The predicted molar refractivity (Wildman–Crippen MR) is 97.5 cm³/mol. The molecule has 1 unspecified atom stereocenters. The second kappa shape index (κ2) is 8.24.